The minimum atomic E-state index is -2.61. The Hall–Kier alpha value is -1.69. The fourth-order valence-corrected chi connectivity index (χ4v) is 3.52. The Kier molecular flexibility index (Phi) is 4.04. The number of amides is 3. The lowest BCUT2D eigenvalue weighted by Crippen LogP contribution is -2.62. The summed E-state index contributed by atoms with van der Waals surface area (Å²) in [6.07, 6.45) is -0.847. The minimum Gasteiger partial charge on any atom is -0.290 e. The first-order valence-electron chi connectivity index (χ1n) is 7.13. The fraction of sp³-hybridized carbons (Fsp3) is 0.467. The number of carbonyl (C=O) groups is 2. The van der Waals surface area contributed by atoms with Crippen LogP contribution in [0.5, 0.6) is 0 Å². The van der Waals surface area contributed by atoms with E-state index in [0.29, 0.717) is 24.9 Å². The largest absolute Gasteiger partial charge is 0.328 e. The molecule has 3 atom stereocenters. The van der Waals surface area contributed by atoms with Crippen molar-refractivity contribution in [2.75, 3.05) is 4.90 Å². The molecule has 4 nitrogen and oxygen atoms in total. The number of imide groups is 1. The zero-order chi connectivity index (χ0) is 15.9. The van der Waals surface area contributed by atoms with Gasteiger partial charge < -0.3 is 0 Å². The molecule has 1 saturated carbocycles. The van der Waals surface area contributed by atoms with Crippen molar-refractivity contribution >= 4 is 29.2 Å². The number of benzene rings is 1. The van der Waals surface area contributed by atoms with Crippen molar-refractivity contribution in [1.29, 1.82) is 0 Å². The number of urea groups is 1. The number of hydrogen-bond acceptors (Lipinski definition) is 2. The Morgan fingerprint density at radius 2 is 2.05 bits per heavy atom. The number of fused-ring (bicyclic) bond motifs is 1. The van der Waals surface area contributed by atoms with Crippen LogP contribution in [0.3, 0.4) is 0 Å². The van der Waals surface area contributed by atoms with Gasteiger partial charge in [-0.25, -0.2) is 13.6 Å². The third kappa shape index (κ3) is 2.67. The molecule has 1 N–H and O–H groups in total. The number of alkyl halides is 3. The number of carbonyl (C=O) groups excluding carboxylic acids is 2. The van der Waals surface area contributed by atoms with Crippen LogP contribution in [0.25, 0.3) is 0 Å². The van der Waals surface area contributed by atoms with E-state index in [9.17, 15) is 18.4 Å². The van der Waals surface area contributed by atoms with Crippen molar-refractivity contribution < 1.29 is 18.4 Å². The maximum absolute atomic E-state index is 12.9. The van der Waals surface area contributed by atoms with E-state index in [1.807, 2.05) is 0 Å². The fourth-order valence-electron chi connectivity index (χ4n) is 3.22. The lowest BCUT2D eigenvalue weighted by atomic mass is 9.81. The SMILES string of the molecule is O=C1NC(=O)N(c2cccc(C(F)F)c2)C2CC(Cl)CCC12. The Morgan fingerprint density at radius 3 is 2.77 bits per heavy atom. The van der Waals surface area contributed by atoms with Crippen molar-refractivity contribution in [2.45, 2.75) is 37.1 Å². The smallest absolute Gasteiger partial charge is 0.290 e. The quantitative estimate of drug-likeness (QED) is 0.845. The molecule has 0 radical (unpaired) electrons. The van der Waals surface area contributed by atoms with Gasteiger partial charge in [0.2, 0.25) is 5.91 Å². The van der Waals surface area contributed by atoms with Crippen LogP contribution in [-0.2, 0) is 4.79 Å². The third-order valence-corrected chi connectivity index (χ3v) is 4.67. The summed E-state index contributed by atoms with van der Waals surface area (Å²) in [5, 5.41) is 2.18. The number of anilines is 1. The van der Waals surface area contributed by atoms with Gasteiger partial charge in [-0.15, -0.1) is 11.6 Å². The molecule has 7 heteroatoms. The highest BCUT2D eigenvalue weighted by molar-refractivity contribution is 6.21. The first-order valence-corrected chi connectivity index (χ1v) is 7.57. The molecular formula is C15H15ClF2N2O2. The highest BCUT2D eigenvalue weighted by atomic mass is 35.5. The van der Waals surface area contributed by atoms with Gasteiger partial charge in [0.25, 0.3) is 6.43 Å². The van der Waals surface area contributed by atoms with Crippen LogP contribution >= 0.6 is 11.6 Å². The highest BCUT2D eigenvalue weighted by Crippen LogP contribution is 2.37. The molecule has 118 valence electrons. The number of nitrogens with zero attached hydrogens (tertiary/aromatic N) is 1. The lowest BCUT2D eigenvalue weighted by molar-refractivity contribution is -0.126. The van der Waals surface area contributed by atoms with Crippen molar-refractivity contribution in [3.8, 4) is 0 Å². The molecule has 3 amide bonds. The van der Waals surface area contributed by atoms with E-state index in [2.05, 4.69) is 5.32 Å². The van der Waals surface area contributed by atoms with Gasteiger partial charge in [-0.1, -0.05) is 12.1 Å². The van der Waals surface area contributed by atoms with Gasteiger partial charge in [0.15, 0.2) is 0 Å². The van der Waals surface area contributed by atoms with Crippen LogP contribution in [0.2, 0.25) is 0 Å². The molecule has 1 heterocycles. The van der Waals surface area contributed by atoms with Crippen molar-refractivity contribution in [3.05, 3.63) is 29.8 Å². The molecule has 3 rings (SSSR count). The molecule has 1 aromatic carbocycles. The summed E-state index contributed by atoms with van der Waals surface area (Å²) in [7, 11) is 0. The molecule has 2 aliphatic rings. The van der Waals surface area contributed by atoms with Gasteiger partial charge in [0.1, 0.15) is 0 Å². The lowest BCUT2D eigenvalue weighted by Gasteiger charge is -2.44. The molecule has 22 heavy (non-hydrogen) atoms. The first-order chi connectivity index (χ1) is 10.5. The zero-order valence-electron chi connectivity index (χ0n) is 11.6. The molecular weight excluding hydrogens is 314 g/mol. The van der Waals surface area contributed by atoms with Crippen LogP contribution in [0.4, 0.5) is 19.3 Å². The van der Waals surface area contributed by atoms with E-state index in [4.69, 9.17) is 11.6 Å². The second-order valence-corrected chi connectivity index (χ2v) is 6.26. The highest BCUT2D eigenvalue weighted by Gasteiger charge is 2.45. The van der Waals surface area contributed by atoms with Gasteiger partial charge in [-0.05, 0) is 31.4 Å². The summed E-state index contributed by atoms with van der Waals surface area (Å²) >= 11 is 6.18. The molecule has 0 spiro atoms. The number of rotatable bonds is 2. The van der Waals surface area contributed by atoms with Crippen molar-refractivity contribution in [1.82, 2.24) is 5.32 Å². The first kappa shape index (κ1) is 15.2. The van der Waals surface area contributed by atoms with Gasteiger partial charge in [0, 0.05) is 16.6 Å². The summed E-state index contributed by atoms with van der Waals surface area (Å²) in [6.45, 7) is 0. The Bertz CT molecular complexity index is 611. The Labute approximate surface area is 131 Å². The van der Waals surface area contributed by atoms with Crippen molar-refractivity contribution in [2.24, 2.45) is 5.92 Å². The van der Waals surface area contributed by atoms with E-state index in [1.54, 1.807) is 6.07 Å². The average molecular weight is 329 g/mol. The monoisotopic (exact) mass is 328 g/mol. The topological polar surface area (TPSA) is 49.4 Å². The number of hydrogen-bond donors (Lipinski definition) is 1. The van der Waals surface area contributed by atoms with Crippen LogP contribution < -0.4 is 10.2 Å². The standard InChI is InChI=1S/C15H15ClF2N2O2/c16-9-4-5-11-12(7-9)20(15(22)19-14(11)21)10-3-1-2-8(6-10)13(17)18/h1-3,6,9,11-13H,4-5,7H2,(H,19,21,22). The maximum atomic E-state index is 12.9. The summed E-state index contributed by atoms with van der Waals surface area (Å²) in [6, 6.07) is 4.71. The normalized spacial score (nSPS) is 28.5. The Morgan fingerprint density at radius 1 is 1.27 bits per heavy atom. The Balaban J connectivity index is 1.97. The van der Waals surface area contributed by atoms with Gasteiger partial charge in [-0.2, -0.15) is 0 Å². The van der Waals surface area contributed by atoms with Crippen LogP contribution in [-0.4, -0.2) is 23.4 Å². The van der Waals surface area contributed by atoms with E-state index < -0.39 is 12.5 Å². The average Bonchev–Trinajstić information content (AvgIpc) is 2.47. The molecule has 3 unspecified atom stereocenters. The number of halogens is 3. The summed E-state index contributed by atoms with van der Waals surface area (Å²) in [5.74, 6) is -0.650. The molecule has 1 aromatic rings. The van der Waals surface area contributed by atoms with Gasteiger partial charge in [-0.3, -0.25) is 15.0 Å². The molecule has 0 aromatic heterocycles. The molecule has 1 aliphatic heterocycles. The van der Waals surface area contributed by atoms with E-state index >= 15 is 0 Å². The molecule has 1 aliphatic carbocycles. The summed E-state index contributed by atoms with van der Waals surface area (Å²) in [4.78, 5) is 25.6. The predicted octanol–water partition coefficient (Wildman–Crippen LogP) is 3.46. The van der Waals surface area contributed by atoms with Gasteiger partial charge in [0.05, 0.1) is 12.0 Å². The minimum absolute atomic E-state index is 0.124. The summed E-state index contributed by atoms with van der Waals surface area (Å²) in [5.41, 5.74) is 0.209. The van der Waals surface area contributed by atoms with Crippen molar-refractivity contribution in [3.63, 3.8) is 0 Å². The van der Waals surface area contributed by atoms with E-state index in [0.717, 1.165) is 0 Å². The second-order valence-electron chi connectivity index (χ2n) is 5.64. The van der Waals surface area contributed by atoms with Crippen LogP contribution in [0.15, 0.2) is 24.3 Å². The van der Waals surface area contributed by atoms with Crippen LogP contribution in [0, 0.1) is 5.92 Å². The second kappa shape index (κ2) is 5.83. The molecule has 1 saturated heterocycles. The predicted molar refractivity (Wildman–Crippen MR) is 78.2 cm³/mol. The number of nitrogens with one attached hydrogen (secondary N) is 1. The maximum Gasteiger partial charge on any atom is 0.328 e. The van der Waals surface area contributed by atoms with Crippen LogP contribution in [0.1, 0.15) is 31.3 Å². The van der Waals surface area contributed by atoms with Gasteiger partial charge >= 0.3 is 6.03 Å². The molecule has 0 bridgehead atoms. The zero-order valence-corrected chi connectivity index (χ0v) is 12.4. The van der Waals surface area contributed by atoms with E-state index in [-0.39, 0.29) is 28.8 Å². The summed E-state index contributed by atoms with van der Waals surface area (Å²) < 4.78 is 25.7. The van der Waals surface area contributed by atoms with E-state index in [1.165, 1.54) is 23.1 Å². The molecule has 2 fully saturated rings. The third-order valence-electron chi connectivity index (χ3n) is 4.27.